The summed E-state index contributed by atoms with van der Waals surface area (Å²) in [6, 6.07) is 9.96. The second-order valence-corrected chi connectivity index (χ2v) is 5.70. The maximum Gasteiger partial charge on any atom is 0.239 e. The highest BCUT2D eigenvalue weighted by Gasteiger charge is 2.16. The molecule has 4 nitrogen and oxygen atoms in total. The van der Waals surface area contributed by atoms with Gasteiger partial charge in [-0.3, -0.25) is 4.79 Å². The Morgan fingerprint density at radius 3 is 2.42 bits per heavy atom. The van der Waals surface area contributed by atoms with E-state index in [-0.39, 0.29) is 11.4 Å². The molecule has 0 aliphatic rings. The predicted molar refractivity (Wildman–Crippen MR) is 80.2 cm³/mol. The van der Waals surface area contributed by atoms with Crippen LogP contribution in [0.15, 0.2) is 30.3 Å². The maximum atomic E-state index is 12.0. The molecule has 3 N–H and O–H groups in total. The van der Waals surface area contributed by atoms with Crippen molar-refractivity contribution < 1.29 is 4.79 Å². The molecule has 0 aromatic heterocycles. The van der Waals surface area contributed by atoms with Crippen LogP contribution in [-0.4, -0.2) is 31.1 Å². The monoisotopic (exact) mass is 263 g/mol. The Hall–Kier alpha value is -1.55. The Bertz CT molecular complexity index is 384. The number of nitrogens with zero attached hydrogens (tertiary/aromatic N) is 1. The Morgan fingerprint density at radius 1 is 1.26 bits per heavy atom. The van der Waals surface area contributed by atoms with Gasteiger partial charge in [0.2, 0.25) is 5.91 Å². The van der Waals surface area contributed by atoms with E-state index in [0.717, 1.165) is 18.7 Å². The van der Waals surface area contributed by atoms with Gasteiger partial charge in [0.25, 0.3) is 0 Å². The second kappa shape index (κ2) is 7.14. The number of carbonyl (C=O) groups excluding carboxylic acids is 1. The van der Waals surface area contributed by atoms with Gasteiger partial charge in [-0.2, -0.15) is 0 Å². The van der Waals surface area contributed by atoms with Gasteiger partial charge in [0.1, 0.15) is 0 Å². The Labute approximate surface area is 116 Å². The first-order valence-electron chi connectivity index (χ1n) is 6.73. The van der Waals surface area contributed by atoms with Gasteiger partial charge in [-0.05, 0) is 45.9 Å². The van der Waals surface area contributed by atoms with Crippen molar-refractivity contribution in [3.05, 3.63) is 30.3 Å². The summed E-state index contributed by atoms with van der Waals surface area (Å²) in [5.74, 6) is 0.0355. The lowest BCUT2D eigenvalue weighted by Crippen LogP contribution is -2.46. The number of rotatable bonds is 6. The van der Waals surface area contributed by atoms with Crippen molar-refractivity contribution in [3.63, 3.8) is 0 Å². The molecular formula is C15H25N3O. The molecule has 106 valence electrons. The molecule has 0 spiro atoms. The molecule has 0 aliphatic heterocycles. The topological polar surface area (TPSA) is 58.4 Å². The van der Waals surface area contributed by atoms with Crippen molar-refractivity contribution in [1.82, 2.24) is 5.32 Å². The van der Waals surface area contributed by atoms with E-state index in [1.807, 2.05) is 51.1 Å². The molecule has 0 radical (unpaired) electrons. The first kappa shape index (κ1) is 15.5. The number of carbonyl (C=O) groups is 1. The third kappa shape index (κ3) is 6.25. The van der Waals surface area contributed by atoms with E-state index in [1.165, 1.54) is 0 Å². The summed E-state index contributed by atoms with van der Waals surface area (Å²) in [5.41, 5.74) is 6.41. The second-order valence-electron chi connectivity index (χ2n) is 5.70. The van der Waals surface area contributed by atoms with E-state index in [0.29, 0.717) is 13.1 Å². The van der Waals surface area contributed by atoms with Crippen LogP contribution in [0, 0.1) is 0 Å². The number of nitrogens with one attached hydrogen (secondary N) is 1. The van der Waals surface area contributed by atoms with Crippen molar-refractivity contribution in [1.29, 1.82) is 0 Å². The Kier molecular flexibility index (Phi) is 5.83. The lowest BCUT2D eigenvalue weighted by Gasteiger charge is -2.27. The number of anilines is 1. The molecule has 4 heteroatoms. The number of hydrogen-bond acceptors (Lipinski definition) is 3. The van der Waals surface area contributed by atoms with Crippen LogP contribution in [0.1, 0.15) is 27.2 Å². The van der Waals surface area contributed by atoms with E-state index >= 15 is 0 Å². The lowest BCUT2D eigenvalue weighted by atomic mass is 10.1. The molecule has 0 fully saturated rings. The van der Waals surface area contributed by atoms with Crippen molar-refractivity contribution in [3.8, 4) is 0 Å². The third-order valence-corrected chi connectivity index (χ3v) is 2.60. The standard InChI is InChI=1S/C15H25N3O/c1-15(2,3)17-14(19)12-18(11-7-10-16)13-8-5-4-6-9-13/h4-6,8-9H,7,10-12,16H2,1-3H3,(H,17,19). The van der Waals surface area contributed by atoms with Crippen molar-refractivity contribution in [2.75, 3.05) is 24.5 Å². The number of nitrogens with two attached hydrogens (primary N) is 1. The third-order valence-electron chi connectivity index (χ3n) is 2.60. The highest BCUT2D eigenvalue weighted by Crippen LogP contribution is 2.13. The molecule has 0 aliphatic carbocycles. The molecule has 0 saturated carbocycles. The summed E-state index contributed by atoms with van der Waals surface area (Å²) in [5, 5.41) is 2.98. The number of para-hydroxylation sites is 1. The van der Waals surface area contributed by atoms with Crippen LogP contribution in [0.2, 0.25) is 0 Å². The van der Waals surface area contributed by atoms with Crippen LogP contribution in [0.5, 0.6) is 0 Å². The minimum atomic E-state index is -0.201. The van der Waals surface area contributed by atoms with Gasteiger partial charge in [0, 0.05) is 17.8 Å². The smallest absolute Gasteiger partial charge is 0.239 e. The first-order valence-corrected chi connectivity index (χ1v) is 6.73. The summed E-state index contributed by atoms with van der Waals surface area (Å²) < 4.78 is 0. The summed E-state index contributed by atoms with van der Waals surface area (Å²) >= 11 is 0. The fourth-order valence-corrected chi connectivity index (χ4v) is 1.85. The van der Waals surface area contributed by atoms with E-state index in [2.05, 4.69) is 10.2 Å². The van der Waals surface area contributed by atoms with Crippen LogP contribution in [0.4, 0.5) is 5.69 Å². The average Bonchev–Trinajstić information content (AvgIpc) is 2.33. The zero-order chi connectivity index (χ0) is 14.3. The van der Waals surface area contributed by atoms with Crippen molar-refractivity contribution >= 4 is 11.6 Å². The SMILES string of the molecule is CC(C)(C)NC(=O)CN(CCCN)c1ccccc1. The molecule has 0 bridgehead atoms. The van der Waals surface area contributed by atoms with E-state index in [4.69, 9.17) is 5.73 Å². The van der Waals surface area contributed by atoms with Crippen LogP contribution in [-0.2, 0) is 4.79 Å². The van der Waals surface area contributed by atoms with Gasteiger partial charge in [-0.1, -0.05) is 18.2 Å². The molecular weight excluding hydrogens is 238 g/mol. The lowest BCUT2D eigenvalue weighted by molar-refractivity contribution is -0.121. The summed E-state index contributed by atoms with van der Waals surface area (Å²) in [6.07, 6.45) is 0.873. The van der Waals surface area contributed by atoms with Crippen LogP contribution in [0.3, 0.4) is 0 Å². The average molecular weight is 263 g/mol. The molecule has 1 aromatic rings. The first-order chi connectivity index (χ1) is 8.92. The van der Waals surface area contributed by atoms with Crippen molar-refractivity contribution in [2.45, 2.75) is 32.7 Å². The van der Waals surface area contributed by atoms with Crippen molar-refractivity contribution in [2.24, 2.45) is 5.73 Å². The minimum absolute atomic E-state index is 0.0355. The molecule has 1 amide bonds. The fourth-order valence-electron chi connectivity index (χ4n) is 1.85. The van der Waals surface area contributed by atoms with Gasteiger partial charge < -0.3 is 16.0 Å². The van der Waals surface area contributed by atoms with Gasteiger partial charge in [-0.15, -0.1) is 0 Å². The largest absolute Gasteiger partial charge is 0.362 e. The number of amides is 1. The van der Waals surface area contributed by atoms with E-state index in [9.17, 15) is 4.79 Å². The van der Waals surface area contributed by atoms with Gasteiger partial charge in [-0.25, -0.2) is 0 Å². The summed E-state index contributed by atoms with van der Waals surface area (Å²) in [6.45, 7) is 7.73. The van der Waals surface area contributed by atoms with Crippen LogP contribution >= 0.6 is 0 Å². The highest BCUT2D eigenvalue weighted by molar-refractivity contribution is 5.81. The summed E-state index contributed by atoms with van der Waals surface area (Å²) in [4.78, 5) is 14.1. The minimum Gasteiger partial charge on any atom is -0.362 e. The predicted octanol–water partition coefficient (Wildman–Crippen LogP) is 1.76. The normalized spacial score (nSPS) is 11.2. The molecule has 0 saturated heterocycles. The number of hydrogen-bond donors (Lipinski definition) is 2. The zero-order valence-corrected chi connectivity index (χ0v) is 12.1. The molecule has 1 aromatic carbocycles. The zero-order valence-electron chi connectivity index (χ0n) is 12.1. The Balaban J connectivity index is 2.67. The van der Waals surface area contributed by atoms with E-state index < -0.39 is 0 Å². The van der Waals surface area contributed by atoms with Gasteiger partial charge in [0.15, 0.2) is 0 Å². The Morgan fingerprint density at radius 2 is 1.89 bits per heavy atom. The maximum absolute atomic E-state index is 12.0. The molecule has 0 atom stereocenters. The molecule has 0 unspecified atom stereocenters. The summed E-state index contributed by atoms with van der Waals surface area (Å²) in [7, 11) is 0. The fraction of sp³-hybridized carbons (Fsp3) is 0.533. The highest BCUT2D eigenvalue weighted by atomic mass is 16.2. The van der Waals surface area contributed by atoms with Crippen LogP contribution < -0.4 is 16.0 Å². The van der Waals surface area contributed by atoms with Gasteiger partial charge in [0.05, 0.1) is 6.54 Å². The molecule has 0 heterocycles. The number of benzene rings is 1. The molecule has 19 heavy (non-hydrogen) atoms. The molecule has 1 rings (SSSR count). The van der Waals surface area contributed by atoms with E-state index in [1.54, 1.807) is 0 Å². The van der Waals surface area contributed by atoms with Gasteiger partial charge >= 0.3 is 0 Å². The van der Waals surface area contributed by atoms with Crippen LogP contribution in [0.25, 0.3) is 0 Å². The quantitative estimate of drug-likeness (QED) is 0.822.